The lowest BCUT2D eigenvalue weighted by molar-refractivity contribution is -0.144. The predicted molar refractivity (Wildman–Crippen MR) is 95.1 cm³/mol. The lowest BCUT2D eigenvalue weighted by atomic mass is 9.86. The van der Waals surface area contributed by atoms with Gasteiger partial charge in [-0.1, -0.05) is 36.4 Å². The Hall–Kier alpha value is -1.91. The molecule has 4 nitrogen and oxygen atoms in total. The highest BCUT2D eigenvalue weighted by Crippen LogP contribution is 2.25. The number of aliphatic carboxylic acids is 1. The molecule has 24 heavy (non-hydrogen) atoms. The van der Waals surface area contributed by atoms with Crippen molar-refractivity contribution in [2.24, 2.45) is 11.8 Å². The van der Waals surface area contributed by atoms with Gasteiger partial charge in [-0.2, -0.15) is 0 Å². The molecule has 0 bridgehead atoms. The van der Waals surface area contributed by atoms with Crippen LogP contribution < -0.4 is 5.32 Å². The number of carboxylic acids is 1. The summed E-state index contributed by atoms with van der Waals surface area (Å²) in [4.78, 5) is 11.6. The highest BCUT2D eigenvalue weighted by molar-refractivity contribution is 5.86. The van der Waals surface area contributed by atoms with Crippen molar-refractivity contribution in [3.63, 3.8) is 0 Å². The van der Waals surface area contributed by atoms with Crippen molar-refractivity contribution in [2.45, 2.75) is 26.3 Å². The first kappa shape index (κ1) is 16.9. The number of ether oxygens (including phenoxy) is 1. The average molecular weight is 327 g/mol. The van der Waals surface area contributed by atoms with E-state index in [0.717, 1.165) is 12.8 Å². The second-order valence-corrected chi connectivity index (χ2v) is 6.60. The maximum Gasteiger partial charge on any atom is 0.308 e. The molecule has 0 spiro atoms. The molecular formula is C20H25NO3. The van der Waals surface area contributed by atoms with Gasteiger partial charge in [0.2, 0.25) is 0 Å². The minimum Gasteiger partial charge on any atom is -0.481 e. The summed E-state index contributed by atoms with van der Waals surface area (Å²) in [5, 5.41) is 15.4. The lowest BCUT2D eigenvalue weighted by Gasteiger charge is -2.27. The molecule has 1 fully saturated rings. The van der Waals surface area contributed by atoms with E-state index in [1.165, 1.54) is 21.9 Å². The third-order valence-electron chi connectivity index (χ3n) is 5.14. The fraction of sp³-hybridized carbons (Fsp3) is 0.450. The number of hydrogen-bond donors (Lipinski definition) is 2. The zero-order chi connectivity index (χ0) is 16.9. The Labute approximate surface area is 142 Å². The number of benzene rings is 2. The fourth-order valence-electron chi connectivity index (χ4n) is 3.60. The van der Waals surface area contributed by atoms with E-state index in [1.807, 2.05) is 6.07 Å². The standard InChI is InChI=1S/C20H25NO3/c1-14-17(7-6-15-4-2-3-5-18(14)15)12-21-13-19(20(22)23)16-8-10-24-11-9-16/h2-7,16,19,21H,8-13H2,1H3,(H,22,23). The maximum absolute atomic E-state index is 11.6. The molecule has 4 heteroatoms. The summed E-state index contributed by atoms with van der Waals surface area (Å²) in [7, 11) is 0. The van der Waals surface area contributed by atoms with E-state index in [9.17, 15) is 9.90 Å². The molecule has 0 amide bonds. The van der Waals surface area contributed by atoms with E-state index in [2.05, 4.69) is 42.6 Å². The number of carbonyl (C=O) groups is 1. The van der Waals surface area contributed by atoms with Crippen molar-refractivity contribution in [2.75, 3.05) is 19.8 Å². The molecule has 2 N–H and O–H groups in total. The third kappa shape index (κ3) is 3.77. The highest BCUT2D eigenvalue weighted by atomic mass is 16.5. The number of fused-ring (bicyclic) bond motifs is 1. The van der Waals surface area contributed by atoms with Crippen LogP contribution in [0, 0.1) is 18.8 Å². The summed E-state index contributed by atoms with van der Waals surface area (Å²) < 4.78 is 5.35. The molecule has 0 saturated carbocycles. The van der Waals surface area contributed by atoms with Crippen LogP contribution >= 0.6 is 0 Å². The molecule has 2 aromatic carbocycles. The van der Waals surface area contributed by atoms with Gasteiger partial charge < -0.3 is 15.2 Å². The molecule has 1 atom stereocenters. The summed E-state index contributed by atoms with van der Waals surface area (Å²) >= 11 is 0. The van der Waals surface area contributed by atoms with Crippen LogP contribution in [0.4, 0.5) is 0 Å². The number of aryl methyl sites for hydroxylation is 1. The van der Waals surface area contributed by atoms with Crippen molar-refractivity contribution in [3.05, 3.63) is 47.5 Å². The Morgan fingerprint density at radius 3 is 2.75 bits per heavy atom. The summed E-state index contributed by atoms with van der Waals surface area (Å²) in [5.74, 6) is -0.833. The van der Waals surface area contributed by atoms with Crippen LogP contribution in [0.1, 0.15) is 24.0 Å². The monoisotopic (exact) mass is 327 g/mol. The minimum absolute atomic E-state index is 0.210. The molecule has 128 valence electrons. The summed E-state index contributed by atoms with van der Waals surface area (Å²) in [6, 6.07) is 12.6. The molecule has 1 aliphatic rings. The summed E-state index contributed by atoms with van der Waals surface area (Å²) in [5.41, 5.74) is 2.49. The third-order valence-corrected chi connectivity index (χ3v) is 5.14. The van der Waals surface area contributed by atoms with Gasteiger partial charge in [0.05, 0.1) is 5.92 Å². The molecule has 0 aromatic heterocycles. The van der Waals surface area contributed by atoms with E-state index < -0.39 is 5.97 Å². The van der Waals surface area contributed by atoms with Gasteiger partial charge in [0.1, 0.15) is 0 Å². The normalized spacial score (nSPS) is 17.0. The Morgan fingerprint density at radius 2 is 2.00 bits per heavy atom. The quantitative estimate of drug-likeness (QED) is 0.854. The van der Waals surface area contributed by atoms with Gasteiger partial charge in [-0.25, -0.2) is 0 Å². The van der Waals surface area contributed by atoms with Crippen LogP contribution in [0.5, 0.6) is 0 Å². The van der Waals surface area contributed by atoms with Gasteiger partial charge in [-0.3, -0.25) is 4.79 Å². The van der Waals surface area contributed by atoms with Gasteiger partial charge in [-0.15, -0.1) is 0 Å². The first-order chi connectivity index (χ1) is 11.7. The number of hydrogen-bond acceptors (Lipinski definition) is 3. The first-order valence-corrected chi connectivity index (χ1v) is 8.65. The van der Waals surface area contributed by atoms with Crippen molar-refractivity contribution in [3.8, 4) is 0 Å². The summed E-state index contributed by atoms with van der Waals surface area (Å²) in [6.45, 7) is 4.69. The Kier molecular flexibility index (Phi) is 5.48. The smallest absolute Gasteiger partial charge is 0.308 e. The van der Waals surface area contributed by atoms with Gasteiger partial charge >= 0.3 is 5.97 Å². The molecule has 1 aliphatic heterocycles. The molecule has 2 aromatic rings. The number of carboxylic acid groups (broad SMARTS) is 1. The van der Waals surface area contributed by atoms with Crippen LogP contribution in [0.15, 0.2) is 36.4 Å². The lowest BCUT2D eigenvalue weighted by Crippen LogP contribution is -2.36. The average Bonchev–Trinajstić information content (AvgIpc) is 2.61. The largest absolute Gasteiger partial charge is 0.481 e. The molecule has 3 rings (SSSR count). The van der Waals surface area contributed by atoms with Crippen LogP contribution in [-0.4, -0.2) is 30.8 Å². The van der Waals surface area contributed by atoms with E-state index >= 15 is 0 Å². The van der Waals surface area contributed by atoms with E-state index in [0.29, 0.717) is 26.3 Å². The van der Waals surface area contributed by atoms with Crippen molar-refractivity contribution in [1.82, 2.24) is 5.32 Å². The zero-order valence-electron chi connectivity index (χ0n) is 14.1. The Bertz CT molecular complexity index is 707. The maximum atomic E-state index is 11.6. The van der Waals surface area contributed by atoms with Gasteiger partial charge in [-0.05, 0) is 47.6 Å². The van der Waals surface area contributed by atoms with E-state index in [-0.39, 0.29) is 11.8 Å². The van der Waals surface area contributed by atoms with Crippen LogP contribution in [0.3, 0.4) is 0 Å². The van der Waals surface area contributed by atoms with Gasteiger partial charge in [0.15, 0.2) is 0 Å². The topological polar surface area (TPSA) is 58.6 Å². The first-order valence-electron chi connectivity index (χ1n) is 8.65. The Balaban J connectivity index is 1.64. The Morgan fingerprint density at radius 1 is 1.25 bits per heavy atom. The van der Waals surface area contributed by atoms with Crippen LogP contribution in [-0.2, 0) is 16.1 Å². The van der Waals surface area contributed by atoms with Crippen molar-refractivity contribution < 1.29 is 14.6 Å². The van der Waals surface area contributed by atoms with Crippen molar-refractivity contribution in [1.29, 1.82) is 0 Å². The molecule has 1 heterocycles. The predicted octanol–water partition coefficient (Wildman–Crippen LogP) is 3.37. The van der Waals surface area contributed by atoms with Crippen LogP contribution in [0.2, 0.25) is 0 Å². The second-order valence-electron chi connectivity index (χ2n) is 6.60. The van der Waals surface area contributed by atoms with Gasteiger partial charge in [0, 0.05) is 26.3 Å². The van der Waals surface area contributed by atoms with Crippen molar-refractivity contribution >= 4 is 16.7 Å². The number of nitrogens with one attached hydrogen (secondary N) is 1. The summed E-state index contributed by atoms with van der Waals surface area (Å²) in [6.07, 6.45) is 1.68. The fourth-order valence-corrected chi connectivity index (χ4v) is 3.60. The minimum atomic E-state index is -0.704. The molecule has 1 unspecified atom stereocenters. The highest BCUT2D eigenvalue weighted by Gasteiger charge is 2.29. The van der Waals surface area contributed by atoms with Crippen LogP contribution in [0.25, 0.3) is 10.8 Å². The second kappa shape index (κ2) is 7.77. The zero-order valence-corrected chi connectivity index (χ0v) is 14.1. The molecule has 0 aliphatic carbocycles. The molecular weight excluding hydrogens is 302 g/mol. The SMILES string of the molecule is Cc1c(CNCC(C(=O)O)C2CCOCC2)ccc2ccccc12. The number of rotatable bonds is 6. The van der Waals surface area contributed by atoms with Gasteiger partial charge in [0.25, 0.3) is 0 Å². The molecule has 0 radical (unpaired) electrons. The van der Waals surface area contributed by atoms with E-state index in [1.54, 1.807) is 0 Å². The molecule has 1 saturated heterocycles. The van der Waals surface area contributed by atoms with E-state index in [4.69, 9.17) is 4.74 Å².